The highest BCUT2D eigenvalue weighted by Gasteiger charge is 2.53. The molecule has 1 aromatic heterocycles. The fourth-order valence-electron chi connectivity index (χ4n) is 7.57. The average molecular weight is 695 g/mol. The molecule has 3 aromatic carbocycles. The number of halogens is 2. The van der Waals surface area contributed by atoms with Gasteiger partial charge in [-0.1, -0.05) is 35.9 Å². The van der Waals surface area contributed by atoms with E-state index in [1.54, 1.807) is 13.0 Å². The lowest BCUT2D eigenvalue weighted by atomic mass is 9.98. The minimum absolute atomic E-state index is 0.0235. The second kappa shape index (κ2) is 13.8. The Labute approximate surface area is 293 Å². The normalized spacial score (nSPS) is 18.6. The summed E-state index contributed by atoms with van der Waals surface area (Å²) in [5.41, 5.74) is 6.20. The third-order valence-electron chi connectivity index (χ3n) is 10.2. The van der Waals surface area contributed by atoms with Crippen molar-refractivity contribution in [2.45, 2.75) is 76.9 Å². The number of amides is 3. The fourth-order valence-corrected chi connectivity index (χ4v) is 7.78. The number of hydrogen-bond donors (Lipinski definition) is 1. The third kappa shape index (κ3) is 6.10. The minimum Gasteiger partial charge on any atom is -0.375 e. The van der Waals surface area contributed by atoms with Gasteiger partial charge in [0.05, 0.1) is 22.4 Å². The van der Waals surface area contributed by atoms with E-state index in [9.17, 15) is 28.8 Å². The number of carbonyl (C=O) groups excluding carboxylic acids is 4. The molecule has 4 aromatic rings. The molecule has 11 heteroatoms. The van der Waals surface area contributed by atoms with E-state index in [-0.39, 0.29) is 28.1 Å². The lowest BCUT2D eigenvalue weighted by Gasteiger charge is -2.20. The smallest absolute Gasteiger partial charge is 0.332 e. The Balaban J connectivity index is 0.880. The van der Waals surface area contributed by atoms with Crippen LogP contribution in [0.2, 0.25) is 5.02 Å². The van der Waals surface area contributed by atoms with Gasteiger partial charge in [-0.15, -0.1) is 0 Å². The number of imide groups is 1. The molecule has 3 heterocycles. The topological polar surface area (TPSA) is 124 Å². The predicted octanol–water partition coefficient (Wildman–Crippen LogP) is 7.62. The van der Waals surface area contributed by atoms with Crippen LogP contribution >= 0.6 is 11.6 Å². The number of Topliss-reactive ketones (excluding diaryl/α,β-unsaturated/α-hetero) is 2. The van der Waals surface area contributed by atoms with Crippen molar-refractivity contribution in [2.75, 3.05) is 18.1 Å². The monoisotopic (exact) mass is 694 g/mol. The molecule has 3 aliphatic rings. The highest BCUT2D eigenvalue weighted by Crippen LogP contribution is 2.38. The van der Waals surface area contributed by atoms with Crippen molar-refractivity contribution >= 4 is 51.7 Å². The molecule has 0 radical (unpaired) electrons. The maximum absolute atomic E-state index is 14.3. The molecule has 2 aliphatic heterocycles. The summed E-state index contributed by atoms with van der Waals surface area (Å²) in [6.07, 6.45) is 4.80. The average Bonchev–Trinajstić information content (AvgIpc) is 3.73. The van der Waals surface area contributed by atoms with Crippen molar-refractivity contribution in [1.82, 2.24) is 9.88 Å². The van der Waals surface area contributed by atoms with Crippen molar-refractivity contribution in [3.8, 4) is 17.3 Å². The molecule has 2 saturated heterocycles. The molecule has 256 valence electrons. The number of benzene rings is 3. The Morgan fingerprint density at radius 2 is 1.88 bits per heavy atom. The number of aromatic nitrogens is 1. The molecule has 2 atom stereocenters. The van der Waals surface area contributed by atoms with Crippen LogP contribution < -0.4 is 4.90 Å². The molecule has 50 heavy (non-hydrogen) atoms. The number of carbonyl (C=O) groups is 4. The summed E-state index contributed by atoms with van der Waals surface area (Å²) in [7, 11) is 0. The Kier molecular flexibility index (Phi) is 9.29. The van der Waals surface area contributed by atoms with Gasteiger partial charge < -0.3 is 14.6 Å². The summed E-state index contributed by atoms with van der Waals surface area (Å²) in [6, 6.07) is 14.8. The summed E-state index contributed by atoms with van der Waals surface area (Å²) in [6.45, 7) is 2.47. The fraction of sp³-hybridized carbons (Fsp3) is 0.359. The molecule has 2 fully saturated rings. The number of nitriles is 1. The van der Waals surface area contributed by atoms with Crippen molar-refractivity contribution in [3.63, 3.8) is 0 Å². The highest BCUT2D eigenvalue weighted by atomic mass is 35.5. The molecule has 0 bridgehead atoms. The van der Waals surface area contributed by atoms with Gasteiger partial charge in [-0.2, -0.15) is 5.26 Å². The number of aromatic amines is 1. The van der Waals surface area contributed by atoms with Gasteiger partial charge in [0.1, 0.15) is 23.7 Å². The maximum atomic E-state index is 14.3. The van der Waals surface area contributed by atoms with Crippen LogP contribution in [0.15, 0.2) is 48.5 Å². The van der Waals surface area contributed by atoms with Crippen molar-refractivity contribution in [3.05, 3.63) is 87.2 Å². The zero-order valence-electron chi connectivity index (χ0n) is 27.7. The minimum atomic E-state index is -0.710. The van der Waals surface area contributed by atoms with E-state index >= 15 is 0 Å². The van der Waals surface area contributed by atoms with E-state index in [4.69, 9.17) is 16.3 Å². The summed E-state index contributed by atoms with van der Waals surface area (Å²) < 4.78 is 20.3. The zero-order chi connectivity index (χ0) is 35.1. The summed E-state index contributed by atoms with van der Waals surface area (Å²) in [5, 5.41) is 10.3. The van der Waals surface area contributed by atoms with Crippen LogP contribution in [-0.2, 0) is 27.2 Å². The molecule has 3 amide bonds. The Morgan fingerprint density at radius 3 is 2.66 bits per heavy atom. The van der Waals surface area contributed by atoms with E-state index in [0.717, 1.165) is 45.5 Å². The van der Waals surface area contributed by atoms with Crippen LogP contribution in [0.3, 0.4) is 0 Å². The molecule has 7 rings (SSSR count). The molecule has 1 aliphatic carbocycles. The molecule has 0 saturated carbocycles. The summed E-state index contributed by atoms with van der Waals surface area (Å²) in [4.78, 5) is 57.9. The summed E-state index contributed by atoms with van der Waals surface area (Å²) >= 11 is 6.31. The number of ketones is 2. The molecule has 0 unspecified atom stereocenters. The van der Waals surface area contributed by atoms with Gasteiger partial charge in [0.25, 0.3) is 5.91 Å². The van der Waals surface area contributed by atoms with E-state index in [1.165, 1.54) is 23.1 Å². The number of ether oxygens (including phenoxy) is 1. The van der Waals surface area contributed by atoms with E-state index < -0.39 is 24.0 Å². The van der Waals surface area contributed by atoms with Gasteiger partial charge in [0, 0.05) is 54.6 Å². The number of unbranched alkanes of at least 4 members (excludes halogenated alkanes) is 1. The number of rotatable bonds is 11. The SMILES string of the molecule is Cc1c(N2C(=O)[C@@H]3[C@H](OCCCCC(=O)CCc4ccc(-c5[nH]c6cc(F)cc7c6c5CCCC7=O)cc4)CCN3C2=O)ccc(C#N)c1Cl. The summed E-state index contributed by atoms with van der Waals surface area (Å²) in [5.74, 6) is -0.644. The number of anilines is 1. The lowest BCUT2D eigenvalue weighted by molar-refractivity contribution is -0.122. The van der Waals surface area contributed by atoms with Gasteiger partial charge in [0.15, 0.2) is 5.78 Å². The van der Waals surface area contributed by atoms with Crippen molar-refractivity contribution in [2.24, 2.45) is 0 Å². The predicted molar refractivity (Wildman–Crippen MR) is 187 cm³/mol. The number of H-pyrrole nitrogens is 1. The van der Waals surface area contributed by atoms with Gasteiger partial charge >= 0.3 is 6.03 Å². The quantitative estimate of drug-likeness (QED) is 0.127. The number of aryl methyl sites for hydroxylation is 2. The molecular formula is C39H36ClFN4O5. The second-order valence-corrected chi connectivity index (χ2v) is 13.7. The number of urea groups is 1. The lowest BCUT2D eigenvalue weighted by Crippen LogP contribution is -2.38. The van der Waals surface area contributed by atoms with Crippen molar-refractivity contribution in [1.29, 1.82) is 5.26 Å². The van der Waals surface area contributed by atoms with Crippen LogP contribution in [0.1, 0.15) is 77.6 Å². The zero-order valence-corrected chi connectivity index (χ0v) is 28.4. The Bertz CT molecular complexity index is 2080. The largest absolute Gasteiger partial charge is 0.375 e. The number of hydrogen-bond acceptors (Lipinski definition) is 6. The van der Waals surface area contributed by atoms with Gasteiger partial charge in [-0.3, -0.25) is 14.4 Å². The molecular weight excluding hydrogens is 659 g/mol. The van der Waals surface area contributed by atoms with Gasteiger partial charge in [-0.05, 0) is 92.0 Å². The second-order valence-electron chi connectivity index (χ2n) is 13.3. The first-order valence-electron chi connectivity index (χ1n) is 17.1. The van der Waals surface area contributed by atoms with Gasteiger partial charge in [0.2, 0.25) is 0 Å². The van der Waals surface area contributed by atoms with Crippen LogP contribution in [0.4, 0.5) is 14.9 Å². The van der Waals surface area contributed by atoms with Crippen LogP contribution in [0, 0.1) is 24.1 Å². The molecule has 9 nitrogen and oxygen atoms in total. The molecule has 1 N–H and O–H groups in total. The standard InChI is InChI=1S/C39H36ClFN4O5/c1-22-31(15-13-25(21-42)35(22)40)45-38(48)37-33(16-17-44(37)39(45)49)50-18-3-2-5-27(46)14-10-23-8-11-24(12-9-23)36-28-6-4-7-32(47)29-19-26(41)20-30(43-36)34(28)29/h8-9,11-13,15,19-20,33,37,43H,2-7,10,14,16-18H2,1H3/t33-,37+/m1/s1. The number of fused-ring (bicyclic) bond motifs is 1. The third-order valence-corrected chi connectivity index (χ3v) is 10.7. The van der Waals surface area contributed by atoms with E-state index in [1.807, 2.05) is 30.3 Å². The maximum Gasteiger partial charge on any atom is 0.332 e. The first-order chi connectivity index (χ1) is 24.2. The first-order valence-corrected chi connectivity index (χ1v) is 17.5. The Hall–Kier alpha value is -4.85. The van der Waals surface area contributed by atoms with Crippen LogP contribution in [-0.4, -0.2) is 58.7 Å². The Morgan fingerprint density at radius 1 is 1.08 bits per heavy atom. The van der Waals surface area contributed by atoms with Crippen LogP contribution in [0.25, 0.3) is 22.2 Å². The van der Waals surface area contributed by atoms with E-state index in [2.05, 4.69) is 4.98 Å². The molecule has 0 spiro atoms. The number of nitrogens with one attached hydrogen (secondary N) is 1. The van der Waals surface area contributed by atoms with Crippen molar-refractivity contribution < 1.29 is 28.3 Å². The van der Waals surface area contributed by atoms with Gasteiger partial charge in [-0.25, -0.2) is 14.1 Å². The highest BCUT2D eigenvalue weighted by molar-refractivity contribution is 6.33. The first kappa shape index (κ1) is 33.6. The van der Waals surface area contributed by atoms with E-state index in [0.29, 0.717) is 80.4 Å². The van der Waals surface area contributed by atoms with Crippen LogP contribution in [0.5, 0.6) is 0 Å². The number of nitrogens with zero attached hydrogens (tertiary/aromatic N) is 3.